The largest absolute Gasteiger partial charge is 0.508 e. The van der Waals surface area contributed by atoms with E-state index in [4.69, 9.17) is 9.47 Å². The van der Waals surface area contributed by atoms with E-state index < -0.39 is 5.97 Å². The lowest BCUT2D eigenvalue weighted by Crippen LogP contribution is -2.08. The Balaban J connectivity index is 1.81. The number of benzene rings is 3. The van der Waals surface area contributed by atoms with E-state index in [2.05, 4.69) is 0 Å². The van der Waals surface area contributed by atoms with Gasteiger partial charge in [0.2, 0.25) is 0 Å². The fraction of sp³-hybridized carbons (Fsp3) is 0.143. The van der Waals surface area contributed by atoms with Gasteiger partial charge in [0.05, 0.1) is 5.56 Å². The van der Waals surface area contributed by atoms with Gasteiger partial charge in [-0.05, 0) is 65.7 Å². The van der Waals surface area contributed by atoms with Crippen LogP contribution in [0.4, 0.5) is 0 Å². The Bertz CT molecular complexity index is 991. The van der Waals surface area contributed by atoms with Crippen LogP contribution in [0, 0.1) is 6.92 Å². The van der Waals surface area contributed by atoms with Gasteiger partial charge in [-0.15, -0.1) is 0 Å². The summed E-state index contributed by atoms with van der Waals surface area (Å²) in [5.41, 5.74) is 1.03. The van der Waals surface area contributed by atoms with Crippen LogP contribution in [0.5, 0.6) is 17.2 Å². The molecule has 1 N–H and O–H groups in total. The maximum Gasteiger partial charge on any atom is 0.343 e. The summed E-state index contributed by atoms with van der Waals surface area (Å²) in [6.45, 7) is 3.46. The van der Waals surface area contributed by atoms with Gasteiger partial charge in [-0.25, -0.2) is 4.79 Å². The molecule has 0 aromatic heterocycles. The van der Waals surface area contributed by atoms with Gasteiger partial charge in [-0.1, -0.05) is 19.1 Å². The molecule has 0 aliphatic carbocycles. The third-order valence-corrected chi connectivity index (χ3v) is 3.95. The molecule has 3 aromatic rings. The van der Waals surface area contributed by atoms with E-state index in [1.165, 1.54) is 12.1 Å². The zero-order valence-electron chi connectivity index (χ0n) is 14.5. The highest BCUT2D eigenvalue weighted by Gasteiger charge is 2.11. The van der Waals surface area contributed by atoms with Crippen LogP contribution >= 0.6 is 0 Å². The van der Waals surface area contributed by atoms with E-state index in [-0.39, 0.29) is 11.7 Å². The van der Waals surface area contributed by atoms with Gasteiger partial charge >= 0.3 is 11.9 Å². The molecular formula is C21H18O5. The molecule has 0 unspecified atom stereocenters. The number of carbonyl (C=O) groups excluding carboxylic acids is 2. The van der Waals surface area contributed by atoms with Gasteiger partial charge in [0.15, 0.2) is 0 Å². The number of aryl methyl sites for hydroxylation is 1. The second kappa shape index (κ2) is 7.27. The summed E-state index contributed by atoms with van der Waals surface area (Å²) in [6.07, 6.45) is 0.305. The maximum absolute atomic E-state index is 12.4. The molecule has 0 radical (unpaired) electrons. The lowest BCUT2D eigenvalue weighted by atomic mass is 10.1. The first-order valence-electron chi connectivity index (χ1n) is 8.22. The molecule has 0 saturated heterocycles. The molecule has 0 heterocycles. The average Bonchev–Trinajstić information content (AvgIpc) is 2.64. The topological polar surface area (TPSA) is 72.8 Å². The molecular weight excluding hydrogens is 332 g/mol. The van der Waals surface area contributed by atoms with E-state index in [0.717, 1.165) is 10.8 Å². The first-order chi connectivity index (χ1) is 12.5. The van der Waals surface area contributed by atoms with Gasteiger partial charge in [-0.2, -0.15) is 0 Å². The first kappa shape index (κ1) is 17.5. The second-order valence-corrected chi connectivity index (χ2v) is 5.89. The van der Waals surface area contributed by atoms with Crippen LogP contribution in [0.2, 0.25) is 0 Å². The smallest absolute Gasteiger partial charge is 0.343 e. The van der Waals surface area contributed by atoms with E-state index in [1.54, 1.807) is 56.3 Å². The highest BCUT2D eigenvalue weighted by Crippen LogP contribution is 2.25. The van der Waals surface area contributed by atoms with Crippen LogP contribution in [0.1, 0.15) is 29.3 Å². The number of ether oxygens (including phenoxy) is 2. The van der Waals surface area contributed by atoms with Crippen LogP contribution in [-0.4, -0.2) is 17.0 Å². The van der Waals surface area contributed by atoms with E-state index in [1.807, 2.05) is 0 Å². The number of rotatable bonds is 4. The molecule has 5 heteroatoms. The fourth-order valence-corrected chi connectivity index (χ4v) is 2.48. The van der Waals surface area contributed by atoms with E-state index in [0.29, 0.717) is 29.0 Å². The molecule has 132 valence electrons. The minimum atomic E-state index is -0.488. The summed E-state index contributed by atoms with van der Waals surface area (Å²) < 4.78 is 10.6. The van der Waals surface area contributed by atoms with Gasteiger partial charge < -0.3 is 14.6 Å². The number of aromatic hydroxyl groups is 1. The van der Waals surface area contributed by atoms with Gasteiger partial charge in [0.25, 0.3) is 0 Å². The third-order valence-electron chi connectivity index (χ3n) is 3.95. The van der Waals surface area contributed by atoms with Crippen LogP contribution in [-0.2, 0) is 4.79 Å². The predicted molar refractivity (Wildman–Crippen MR) is 97.7 cm³/mol. The molecule has 0 bridgehead atoms. The molecule has 0 amide bonds. The van der Waals surface area contributed by atoms with Gasteiger partial charge in [-0.3, -0.25) is 4.79 Å². The van der Waals surface area contributed by atoms with Crippen molar-refractivity contribution in [2.75, 3.05) is 0 Å². The summed E-state index contributed by atoms with van der Waals surface area (Å²) in [6, 6.07) is 15.0. The molecule has 0 aliphatic rings. The van der Waals surface area contributed by atoms with Crippen molar-refractivity contribution >= 4 is 22.7 Å². The van der Waals surface area contributed by atoms with Crippen molar-refractivity contribution in [1.82, 2.24) is 0 Å². The SMILES string of the molecule is CCC(=O)Oc1ccc2cc(C(=O)Oc3ccc(O)c(C)c3)ccc2c1. The molecule has 5 nitrogen and oxygen atoms in total. The molecule has 3 aromatic carbocycles. The van der Waals surface area contributed by atoms with Gasteiger partial charge in [0.1, 0.15) is 17.2 Å². The highest BCUT2D eigenvalue weighted by atomic mass is 16.5. The summed E-state index contributed by atoms with van der Waals surface area (Å²) in [5, 5.41) is 11.2. The number of carbonyl (C=O) groups is 2. The quantitative estimate of drug-likeness (QED) is 0.558. The van der Waals surface area contributed by atoms with Crippen molar-refractivity contribution in [3.8, 4) is 17.2 Å². The maximum atomic E-state index is 12.4. The number of esters is 2. The zero-order valence-corrected chi connectivity index (χ0v) is 14.5. The van der Waals surface area contributed by atoms with Crippen molar-refractivity contribution < 1.29 is 24.2 Å². The highest BCUT2D eigenvalue weighted by molar-refractivity contribution is 5.96. The predicted octanol–water partition coefficient (Wildman–Crippen LogP) is 4.39. The minimum absolute atomic E-state index is 0.148. The Hall–Kier alpha value is -3.34. The lowest BCUT2D eigenvalue weighted by molar-refractivity contribution is -0.134. The number of fused-ring (bicyclic) bond motifs is 1. The Morgan fingerprint density at radius 3 is 2.27 bits per heavy atom. The molecule has 0 atom stereocenters. The van der Waals surface area contributed by atoms with Crippen LogP contribution in [0.3, 0.4) is 0 Å². The lowest BCUT2D eigenvalue weighted by Gasteiger charge is -2.08. The van der Waals surface area contributed by atoms with Crippen LogP contribution in [0.15, 0.2) is 54.6 Å². The number of phenolic OH excluding ortho intramolecular Hbond substituents is 1. The normalized spacial score (nSPS) is 10.5. The van der Waals surface area contributed by atoms with E-state index >= 15 is 0 Å². The number of hydrogen-bond donors (Lipinski definition) is 1. The van der Waals surface area contributed by atoms with Gasteiger partial charge in [0, 0.05) is 6.42 Å². The molecule has 0 saturated carbocycles. The first-order valence-corrected chi connectivity index (χ1v) is 8.22. The number of hydrogen-bond acceptors (Lipinski definition) is 5. The minimum Gasteiger partial charge on any atom is -0.508 e. The van der Waals surface area contributed by atoms with Crippen molar-refractivity contribution in [2.45, 2.75) is 20.3 Å². The molecule has 0 spiro atoms. The summed E-state index contributed by atoms with van der Waals surface area (Å²) >= 11 is 0. The van der Waals surface area contributed by atoms with Crippen molar-refractivity contribution in [3.63, 3.8) is 0 Å². The Kier molecular flexibility index (Phi) is 4.89. The zero-order chi connectivity index (χ0) is 18.7. The van der Waals surface area contributed by atoms with Crippen LogP contribution < -0.4 is 9.47 Å². The second-order valence-electron chi connectivity index (χ2n) is 5.89. The van der Waals surface area contributed by atoms with Crippen LogP contribution in [0.25, 0.3) is 10.8 Å². The Labute approximate surface area is 150 Å². The fourth-order valence-electron chi connectivity index (χ4n) is 2.48. The van der Waals surface area contributed by atoms with Crippen molar-refractivity contribution in [2.24, 2.45) is 0 Å². The van der Waals surface area contributed by atoms with Crippen molar-refractivity contribution in [1.29, 1.82) is 0 Å². The molecule has 3 rings (SSSR count). The monoisotopic (exact) mass is 350 g/mol. The average molecular weight is 350 g/mol. The number of phenols is 1. The van der Waals surface area contributed by atoms with Crippen molar-refractivity contribution in [3.05, 3.63) is 65.7 Å². The summed E-state index contributed by atoms with van der Waals surface area (Å²) in [7, 11) is 0. The molecule has 0 aliphatic heterocycles. The van der Waals surface area contributed by atoms with E-state index in [9.17, 15) is 14.7 Å². The Morgan fingerprint density at radius 1 is 0.885 bits per heavy atom. The summed E-state index contributed by atoms with van der Waals surface area (Å²) in [5.74, 6) is 0.203. The molecule has 26 heavy (non-hydrogen) atoms. The third kappa shape index (κ3) is 3.83. The standard InChI is InChI=1S/C21H18O5/c1-3-20(23)25-18-7-6-14-11-16(5-4-15(14)12-18)21(24)26-17-8-9-19(22)13(2)10-17/h4-12,22H,3H2,1-2H3. The summed E-state index contributed by atoms with van der Waals surface area (Å²) in [4.78, 5) is 23.7. The molecule has 0 fully saturated rings. The Morgan fingerprint density at radius 2 is 1.54 bits per heavy atom.